The predicted octanol–water partition coefficient (Wildman–Crippen LogP) is 2.94. The lowest BCUT2D eigenvalue weighted by molar-refractivity contribution is 0.414. The van der Waals surface area contributed by atoms with Crippen molar-refractivity contribution in [3.63, 3.8) is 0 Å². The maximum Gasteiger partial charge on any atom is 0.214 e. The van der Waals surface area contributed by atoms with Gasteiger partial charge in [0.2, 0.25) is 5.95 Å². The van der Waals surface area contributed by atoms with Gasteiger partial charge in [-0.15, -0.1) is 0 Å². The maximum absolute atomic E-state index is 12.8. The summed E-state index contributed by atoms with van der Waals surface area (Å²) in [5, 5.41) is 0.0840. The van der Waals surface area contributed by atoms with Gasteiger partial charge in [-0.25, -0.2) is 4.98 Å². The van der Waals surface area contributed by atoms with Crippen LogP contribution >= 0.6 is 11.6 Å². The Hall–Kier alpha value is -1.68. The van der Waals surface area contributed by atoms with E-state index in [0.717, 1.165) is 0 Å². The zero-order valence-corrected chi connectivity index (χ0v) is 9.20. The van der Waals surface area contributed by atoms with E-state index >= 15 is 0 Å². The topological polar surface area (TPSA) is 35.0 Å². The van der Waals surface area contributed by atoms with E-state index in [1.165, 1.54) is 12.1 Å². The second-order valence-electron chi connectivity index (χ2n) is 3.05. The first-order valence-corrected chi connectivity index (χ1v) is 4.91. The number of pyridine rings is 2. The summed E-state index contributed by atoms with van der Waals surface area (Å²) in [6.45, 7) is 0. The first kappa shape index (κ1) is 10.8. The number of methoxy groups -OCH3 is 1. The van der Waals surface area contributed by atoms with Crippen LogP contribution in [0.2, 0.25) is 5.15 Å². The summed E-state index contributed by atoms with van der Waals surface area (Å²) in [6.07, 6.45) is 1.59. The van der Waals surface area contributed by atoms with E-state index in [0.29, 0.717) is 17.0 Å². The quantitative estimate of drug-likeness (QED) is 0.755. The second kappa shape index (κ2) is 4.45. The Bertz CT molecular complexity index is 519. The third-order valence-corrected chi connectivity index (χ3v) is 2.35. The molecule has 0 N–H and O–H groups in total. The van der Waals surface area contributed by atoms with Crippen LogP contribution in [0.25, 0.3) is 11.3 Å². The molecule has 0 saturated heterocycles. The van der Waals surface area contributed by atoms with Crippen molar-refractivity contribution in [3.05, 3.63) is 41.6 Å². The first-order valence-electron chi connectivity index (χ1n) is 4.53. The van der Waals surface area contributed by atoms with Gasteiger partial charge in [-0.05, 0) is 18.2 Å². The highest BCUT2D eigenvalue weighted by Crippen LogP contribution is 2.26. The second-order valence-corrected chi connectivity index (χ2v) is 3.41. The highest BCUT2D eigenvalue weighted by atomic mass is 35.5. The summed E-state index contributed by atoms with van der Waals surface area (Å²) in [5.74, 6) is 0.0436. The fraction of sp³-hybridized carbons (Fsp3) is 0.0909. The molecule has 2 heterocycles. The normalized spacial score (nSPS) is 10.2. The fourth-order valence-corrected chi connectivity index (χ4v) is 1.53. The largest absolute Gasteiger partial charge is 0.497 e. The van der Waals surface area contributed by atoms with E-state index < -0.39 is 5.95 Å². The Balaban J connectivity index is 2.49. The molecule has 0 aliphatic heterocycles. The highest BCUT2D eigenvalue weighted by molar-refractivity contribution is 6.32. The van der Waals surface area contributed by atoms with Gasteiger partial charge in [0.15, 0.2) is 0 Å². The van der Waals surface area contributed by atoms with E-state index in [1.807, 2.05) is 0 Å². The van der Waals surface area contributed by atoms with Gasteiger partial charge >= 0.3 is 0 Å². The van der Waals surface area contributed by atoms with Crippen molar-refractivity contribution >= 4 is 11.6 Å². The number of hydrogen-bond donors (Lipinski definition) is 0. The summed E-state index contributed by atoms with van der Waals surface area (Å²) >= 11 is 5.83. The minimum Gasteiger partial charge on any atom is -0.497 e. The van der Waals surface area contributed by atoms with Crippen LogP contribution < -0.4 is 4.74 Å². The average molecular weight is 239 g/mol. The lowest BCUT2D eigenvalue weighted by atomic mass is 10.2. The van der Waals surface area contributed by atoms with Crippen LogP contribution in [0.1, 0.15) is 0 Å². The number of nitrogens with zero attached hydrogens (tertiary/aromatic N) is 2. The molecule has 0 amide bonds. The Morgan fingerprint density at radius 1 is 1.31 bits per heavy atom. The van der Waals surface area contributed by atoms with Crippen LogP contribution in [0, 0.1) is 5.95 Å². The summed E-state index contributed by atoms with van der Waals surface area (Å²) < 4.78 is 17.8. The zero-order chi connectivity index (χ0) is 11.5. The minimum absolute atomic E-state index is 0.0840. The van der Waals surface area contributed by atoms with Gasteiger partial charge in [-0.2, -0.15) is 4.39 Å². The molecule has 0 atom stereocenters. The van der Waals surface area contributed by atoms with Crippen molar-refractivity contribution in [2.75, 3.05) is 7.11 Å². The standard InChI is InChI=1S/C11H8ClFN2O/c1-16-7-4-5-14-9(6-7)8-2-3-10(13)15-11(8)12/h2-6H,1H3. The Morgan fingerprint density at radius 2 is 2.12 bits per heavy atom. The molecule has 0 radical (unpaired) electrons. The molecule has 3 nitrogen and oxygen atoms in total. The molecule has 0 aliphatic rings. The molecule has 2 aromatic rings. The van der Waals surface area contributed by atoms with Gasteiger partial charge < -0.3 is 4.74 Å². The highest BCUT2D eigenvalue weighted by Gasteiger charge is 2.08. The maximum atomic E-state index is 12.8. The molecular weight excluding hydrogens is 231 g/mol. The van der Waals surface area contributed by atoms with Gasteiger partial charge in [0.05, 0.1) is 12.8 Å². The van der Waals surface area contributed by atoms with Gasteiger partial charge in [-0.3, -0.25) is 4.98 Å². The molecule has 2 aromatic heterocycles. The van der Waals surface area contributed by atoms with Gasteiger partial charge in [0.1, 0.15) is 10.9 Å². The van der Waals surface area contributed by atoms with E-state index in [-0.39, 0.29) is 5.15 Å². The van der Waals surface area contributed by atoms with E-state index in [2.05, 4.69) is 9.97 Å². The van der Waals surface area contributed by atoms with Crippen molar-refractivity contribution in [1.82, 2.24) is 9.97 Å². The van der Waals surface area contributed by atoms with Crippen LogP contribution in [-0.2, 0) is 0 Å². The van der Waals surface area contributed by atoms with Crippen LogP contribution in [0.15, 0.2) is 30.5 Å². The Kier molecular flexibility index (Phi) is 3.01. The summed E-state index contributed by atoms with van der Waals surface area (Å²) in [4.78, 5) is 7.64. The van der Waals surface area contributed by atoms with E-state index in [9.17, 15) is 4.39 Å². The van der Waals surface area contributed by atoms with Crippen LogP contribution in [0.5, 0.6) is 5.75 Å². The number of hydrogen-bond acceptors (Lipinski definition) is 3. The molecule has 2 rings (SSSR count). The molecular formula is C11H8ClFN2O. The molecule has 5 heteroatoms. The van der Waals surface area contributed by atoms with Crippen molar-refractivity contribution < 1.29 is 9.13 Å². The van der Waals surface area contributed by atoms with Gasteiger partial charge in [0.25, 0.3) is 0 Å². The molecule has 0 aromatic carbocycles. The summed E-state index contributed by atoms with van der Waals surface area (Å²) in [5.41, 5.74) is 1.17. The third kappa shape index (κ3) is 2.12. The van der Waals surface area contributed by atoms with Gasteiger partial charge in [0, 0.05) is 17.8 Å². The number of rotatable bonds is 2. The number of aromatic nitrogens is 2. The monoisotopic (exact) mass is 238 g/mol. The fourth-order valence-electron chi connectivity index (χ4n) is 1.29. The SMILES string of the molecule is COc1ccnc(-c2ccc(F)nc2Cl)c1. The lowest BCUT2D eigenvalue weighted by Gasteiger charge is -2.04. The first-order chi connectivity index (χ1) is 7.70. The third-order valence-electron chi connectivity index (χ3n) is 2.06. The van der Waals surface area contributed by atoms with Crippen molar-refractivity contribution in [2.24, 2.45) is 0 Å². The summed E-state index contributed by atoms with van der Waals surface area (Å²) in [7, 11) is 1.56. The molecule has 0 saturated carbocycles. The predicted molar refractivity (Wildman–Crippen MR) is 59.0 cm³/mol. The van der Waals surface area contributed by atoms with Crippen molar-refractivity contribution in [2.45, 2.75) is 0 Å². The number of ether oxygens (including phenoxy) is 1. The molecule has 0 unspecified atom stereocenters. The zero-order valence-electron chi connectivity index (χ0n) is 8.45. The molecule has 0 fully saturated rings. The molecule has 0 bridgehead atoms. The van der Waals surface area contributed by atoms with Crippen molar-refractivity contribution in [1.29, 1.82) is 0 Å². The Labute approximate surface area is 96.9 Å². The molecule has 82 valence electrons. The van der Waals surface area contributed by atoms with E-state index in [1.54, 1.807) is 25.4 Å². The van der Waals surface area contributed by atoms with Gasteiger partial charge in [-0.1, -0.05) is 11.6 Å². The summed E-state index contributed by atoms with van der Waals surface area (Å²) in [6, 6.07) is 6.20. The molecule has 16 heavy (non-hydrogen) atoms. The lowest BCUT2D eigenvalue weighted by Crippen LogP contribution is -1.91. The minimum atomic E-state index is -0.614. The smallest absolute Gasteiger partial charge is 0.214 e. The van der Waals surface area contributed by atoms with Crippen LogP contribution in [0.3, 0.4) is 0 Å². The van der Waals surface area contributed by atoms with E-state index in [4.69, 9.17) is 16.3 Å². The van der Waals surface area contributed by atoms with Crippen LogP contribution in [-0.4, -0.2) is 17.1 Å². The molecule has 0 aliphatic carbocycles. The average Bonchev–Trinajstić information content (AvgIpc) is 2.29. The number of halogens is 2. The van der Waals surface area contributed by atoms with Crippen LogP contribution in [0.4, 0.5) is 4.39 Å². The Morgan fingerprint density at radius 3 is 2.81 bits per heavy atom. The molecule has 0 spiro atoms. The van der Waals surface area contributed by atoms with Crippen molar-refractivity contribution in [3.8, 4) is 17.0 Å².